The number of hydrogen-bond donors (Lipinski definition) is 1. The Hall–Kier alpha value is -2.23. The summed E-state index contributed by atoms with van der Waals surface area (Å²) < 4.78 is 44.4. The number of sulfone groups is 1. The van der Waals surface area contributed by atoms with Crippen molar-refractivity contribution in [2.24, 2.45) is 0 Å². The number of carbonyl (C=O) groups excluding carboxylic acids is 1. The van der Waals surface area contributed by atoms with E-state index in [0.717, 1.165) is 17.4 Å². The lowest BCUT2D eigenvalue weighted by Gasteiger charge is -2.34. The molecule has 33 heavy (non-hydrogen) atoms. The Bertz CT molecular complexity index is 1150. The van der Waals surface area contributed by atoms with Gasteiger partial charge >= 0.3 is 0 Å². The minimum Gasteiger partial charge on any atom is -0.478 e. The first-order valence-electron chi connectivity index (χ1n) is 10.9. The number of nitrogens with zero attached hydrogens (tertiary/aromatic N) is 1. The van der Waals surface area contributed by atoms with Crippen LogP contribution in [0.3, 0.4) is 0 Å². The van der Waals surface area contributed by atoms with Crippen LogP contribution in [0.2, 0.25) is 0 Å². The van der Waals surface area contributed by atoms with Crippen LogP contribution in [0.15, 0.2) is 52.3 Å². The summed E-state index contributed by atoms with van der Waals surface area (Å²) in [4.78, 5) is 13.6. The highest BCUT2D eigenvalue weighted by atomic mass is 32.2. The zero-order chi connectivity index (χ0) is 24.4. The summed E-state index contributed by atoms with van der Waals surface area (Å²) in [6, 6.07) is 12.1. The number of nitrogens with one attached hydrogen (secondary N) is 1. The molecule has 9 heteroatoms. The van der Waals surface area contributed by atoms with Crippen LogP contribution < -0.4 is 10.1 Å². The summed E-state index contributed by atoms with van der Waals surface area (Å²) >= 11 is 0. The maximum atomic E-state index is 13.0. The predicted molar refractivity (Wildman–Crippen MR) is 129 cm³/mol. The second kappa shape index (κ2) is 9.95. The molecule has 1 fully saturated rings. The second-order valence-corrected chi connectivity index (χ2v) is 12.6. The Morgan fingerprint density at radius 2 is 1.79 bits per heavy atom. The van der Waals surface area contributed by atoms with E-state index in [0.29, 0.717) is 36.6 Å². The summed E-state index contributed by atoms with van der Waals surface area (Å²) in [5.41, 5.74) is 0.997. The molecule has 1 aliphatic rings. The predicted octanol–water partition coefficient (Wildman–Crippen LogP) is 3.17. The molecule has 2 aromatic carbocycles. The van der Waals surface area contributed by atoms with E-state index in [1.807, 2.05) is 36.4 Å². The molecule has 7 nitrogen and oxygen atoms in total. The zero-order valence-corrected chi connectivity index (χ0v) is 21.4. The van der Waals surface area contributed by atoms with Crippen molar-refractivity contribution >= 4 is 26.7 Å². The number of hydrogen-bond acceptors (Lipinski definition) is 5. The molecule has 1 heterocycles. The highest BCUT2D eigenvalue weighted by Crippen LogP contribution is 2.25. The monoisotopic (exact) mass is 492 g/mol. The van der Waals surface area contributed by atoms with Crippen molar-refractivity contribution in [1.82, 2.24) is 9.62 Å². The van der Waals surface area contributed by atoms with Gasteiger partial charge in [-0.05, 0) is 75.9 Å². The fraction of sp³-hybridized carbons (Fsp3) is 0.458. The average Bonchev–Trinajstić information content (AvgIpc) is 2.75. The van der Waals surface area contributed by atoms with Gasteiger partial charge in [-0.25, -0.2) is 16.9 Å². The lowest BCUT2D eigenvalue weighted by atomic mass is 10.0. The SMILES string of the molecule is Cc1ccc(C)c(OC(C)(C)C(=O)NC2CCN(S(=O)c3cccc(S(C)(=O)=O)c3)CC2)c1. The van der Waals surface area contributed by atoms with Gasteiger partial charge in [0, 0.05) is 25.4 Å². The van der Waals surface area contributed by atoms with Crippen LogP contribution >= 0.6 is 0 Å². The van der Waals surface area contributed by atoms with E-state index in [1.54, 1.807) is 26.0 Å². The summed E-state index contributed by atoms with van der Waals surface area (Å²) in [6.45, 7) is 8.49. The van der Waals surface area contributed by atoms with Gasteiger partial charge < -0.3 is 10.1 Å². The van der Waals surface area contributed by atoms with Crippen LogP contribution in [-0.4, -0.2) is 53.8 Å². The van der Waals surface area contributed by atoms with Crippen LogP contribution in [0.4, 0.5) is 0 Å². The molecule has 1 aliphatic heterocycles. The third-order valence-electron chi connectivity index (χ3n) is 5.71. The fourth-order valence-corrected chi connectivity index (χ4v) is 5.63. The molecule has 0 saturated carbocycles. The second-order valence-electron chi connectivity index (χ2n) is 9.05. The van der Waals surface area contributed by atoms with Crippen molar-refractivity contribution < 1.29 is 22.2 Å². The molecule has 1 unspecified atom stereocenters. The van der Waals surface area contributed by atoms with Crippen molar-refractivity contribution in [2.75, 3.05) is 19.3 Å². The maximum absolute atomic E-state index is 13.0. The first-order chi connectivity index (χ1) is 15.4. The molecule has 1 saturated heterocycles. The highest BCUT2D eigenvalue weighted by molar-refractivity contribution is 7.90. The quantitative estimate of drug-likeness (QED) is 0.641. The van der Waals surface area contributed by atoms with E-state index in [4.69, 9.17) is 4.74 Å². The summed E-state index contributed by atoms with van der Waals surface area (Å²) in [6.07, 6.45) is 2.42. The van der Waals surface area contributed by atoms with Gasteiger partial charge in [0.15, 0.2) is 15.4 Å². The number of ether oxygens (including phenoxy) is 1. The molecule has 1 amide bonds. The molecule has 0 aromatic heterocycles. The topological polar surface area (TPSA) is 92.8 Å². The molecule has 0 bridgehead atoms. The van der Waals surface area contributed by atoms with Crippen LogP contribution in [0.1, 0.15) is 37.8 Å². The molecule has 3 rings (SSSR count). The van der Waals surface area contributed by atoms with E-state index in [2.05, 4.69) is 5.32 Å². The Balaban J connectivity index is 1.58. The summed E-state index contributed by atoms with van der Waals surface area (Å²) in [7, 11) is -4.83. The largest absolute Gasteiger partial charge is 0.478 e. The fourth-order valence-electron chi connectivity index (χ4n) is 3.63. The molecule has 180 valence electrons. The van der Waals surface area contributed by atoms with Crippen molar-refractivity contribution in [3.63, 3.8) is 0 Å². The number of amides is 1. The van der Waals surface area contributed by atoms with Gasteiger partial charge in [0.1, 0.15) is 16.7 Å². The van der Waals surface area contributed by atoms with Crippen molar-refractivity contribution in [1.29, 1.82) is 0 Å². The van der Waals surface area contributed by atoms with E-state index >= 15 is 0 Å². The zero-order valence-electron chi connectivity index (χ0n) is 19.8. The molecule has 2 aromatic rings. The average molecular weight is 493 g/mol. The minimum atomic E-state index is -3.37. The normalized spacial score (nSPS) is 16.9. The Kier molecular flexibility index (Phi) is 7.65. The van der Waals surface area contributed by atoms with Crippen molar-refractivity contribution in [2.45, 2.75) is 62.0 Å². The van der Waals surface area contributed by atoms with Crippen LogP contribution in [-0.2, 0) is 25.6 Å². The van der Waals surface area contributed by atoms with Crippen LogP contribution in [0, 0.1) is 13.8 Å². The van der Waals surface area contributed by atoms with Gasteiger partial charge in [-0.15, -0.1) is 0 Å². The maximum Gasteiger partial charge on any atom is 0.263 e. The summed E-state index contributed by atoms with van der Waals surface area (Å²) in [5, 5.41) is 3.07. The van der Waals surface area contributed by atoms with E-state index in [-0.39, 0.29) is 16.8 Å². The molecular formula is C24H32N2O5S2. The van der Waals surface area contributed by atoms with Gasteiger partial charge in [-0.1, -0.05) is 18.2 Å². The lowest BCUT2D eigenvalue weighted by molar-refractivity contribution is -0.135. The van der Waals surface area contributed by atoms with E-state index in [1.165, 1.54) is 12.1 Å². The molecule has 1 atom stereocenters. The van der Waals surface area contributed by atoms with Crippen molar-refractivity contribution in [3.05, 3.63) is 53.6 Å². The molecule has 0 spiro atoms. The Morgan fingerprint density at radius 1 is 1.12 bits per heavy atom. The summed E-state index contributed by atoms with van der Waals surface area (Å²) in [5.74, 6) is 0.500. The molecular weight excluding hydrogens is 460 g/mol. The van der Waals surface area contributed by atoms with Crippen molar-refractivity contribution in [3.8, 4) is 5.75 Å². The van der Waals surface area contributed by atoms with Gasteiger partial charge in [0.25, 0.3) is 5.91 Å². The molecule has 0 aliphatic carbocycles. The van der Waals surface area contributed by atoms with Crippen LogP contribution in [0.25, 0.3) is 0 Å². The Morgan fingerprint density at radius 3 is 2.42 bits per heavy atom. The van der Waals surface area contributed by atoms with Gasteiger partial charge in [-0.2, -0.15) is 0 Å². The van der Waals surface area contributed by atoms with Gasteiger partial charge in [0.05, 0.1) is 9.79 Å². The van der Waals surface area contributed by atoms with Gasteiger partial charge in [0.2, 0.25) is 0 Å². The number of carbonyl (C=O) groups is 1. The van der Waals surface area contributed by atoms with E-state index < -0.39 is 26.4 Å². The first kappa shape index (κ1) is 25.4. The molecule has 1 N–H and O–H groups in total. The Labute approximate surface area is 199 Å². The standard InChI is InChI=1S/C24H32N2O5S2/c1-17-9-10-18(2)22(15-17)31-24(3,4)23(27)25-19-11-13-26(14-12-19)32(28)20-7-6-8-21(16-20)33(5,29)30/h6-10,15-16,19H,11-14H2,1-5H3,(H,25,27). The number of rotatable bonds is 7. The number of benzene rings is 2. The number of piperidine rings is 1. The lowest BCUT2D eigenvalue weighted by Crippen LogP contribution is -2.52. The van der Waals surface area contributed by atoms with E-state index in [9.17, 15) is 17.4 Å². The number of aryl methyl sites for hydroxylation is 2. The van der Waals surface area contributed by atoms with Crippen LogP contribution in [0.5, 0.6) is 5.75 Å². The third kappa shape index (κ3) is 6.43. The molecule has 0 radical (unpaired) electrons. The third-order valence-corrected chi connectivity index (χ3v) is 8.32. The highest BCUT2D eigenvalue weighted by Gasteiger charge is 2.33. The van der Waals surface area contributed by atoms with Gasteiger partial charge in [-0.3, -0.25) is 4.79 Å². The smallest absolute Gasteiger partial charge is 0.263 e. The minimum absolute atomic E-state index is 0.0467. The first-order valence-corrected chi connectivity index (χ1v) is 13.9.